The third kappa shape index (κ3) is 6.01. The summed E-state index contributed by atoms with van der Waals surface area (Å²) >= 11 is 0. The van der Waals surface area contributed by atoms with E-state index in [0.29, 0.717) is 22.8 Å². The largest absolute Gasteiger partial charge is 0.619 e. The number of hydrogen-bond donors (Lipinski definition) is 1. The van der Waals surface area contributed by atoms with Crippen LogP contribution < -0.4 is 10.0 Å². The number of nitrogens with zero attached hydrogens (tertiary/aromatic N) is 2. The summed E-state index contributed by atoms with van der Waals surface area (Å²) in [6.07, 6.45) is 7.70. The van der Waals surface area contributed by atoms with Crippen molar-refractivity contribution in [3.63, 3.8) is 0 Å². The Hall–Kier alpha value is -2.51. The first-order chi connectivity index (χ1) is 13.1. The van der Waals surface area contributed by atoms with Crippen LogP contribution in [0.15, 0.2) is 24.5 Å². The Labute approximate surface area is 159 Å². The number of likely N-dealkylation sites (tertiary alicyclic amines) is 1. The van der Waals surface area contributed by atoms with E-state index in [0.717, 1.165) is 51.6 Å². The second kappa shape index (κ2) is 9.43. The highest BCUT2D eigenvalue weighted by atomic mass is 16.6. The van der Waals surface area contributed by atoms with Gasteiger partial charge in [-0.1, -0.05) is 0 Å². The highest BCUT2D eigenvalue weighted by Gasteiger charge is 2.25. The van der Waals surface area contributed by atoms with Crippen LogP contribution in [0.25, 0.3) is 0 Å². The van der Waals surface area contributed by atoms with Crippen LogP contribution in [-0.2, 0) is 16.1 Å². The molecule has 1 aromatic rings. The molecule has 1 saturated carbocycles. The molecule has 0 atom stereocenters. The summed E-state index contributed by atoms with van der Waals surface area (Å²) in [7, 11) is 0. The van der Waals surface area contributed by atoms with Crippen molar-refractivity contribution in [3.05, 3.63) is 35.3 Å². The monoisotopic (exact) mass is 377 g/mol. The van der Waals surface area contributed by atoms with Gasteiger partial charge < -0.3 is 24.9 Å². The molecule has 1 aliphatic carbocycles. The number of carbonyl (C=O) groups is 2. The summed E-state index contributed by atoms with van der Waals surface area (Å²) < 4.78 is 11.3. The van der Waals surface area contributed by atoms with E-state index >= 15 is 0 Å². The molecule has 8 nitrogen and oxygen atoms in total. The van der Waals surface area contributed by atoms with Gasteiger partial charge >= 0.3 is 12.2 Å². The van der Waals surface area contributed by atoms with E-state index in [1.54, 1.807) is 17.0 Å². The van der Waals surface area contributed by atoms with E-state index in [9.17, 15) is 14.8 Å². The lowest BCUT2D eigenvalue weighted by Gasteiger charge is -2.29. The number of aromatic nitrogens is 1. The molecule has 8 heteroatoms. The third-order valence-corrected chi connectivity index (χ3v) is 5.18. The maximum atomic E-state index is 11.9. The van der Waals surface area contributed by atoms with Crippen LogP contribution >= 0.6 is 0 Å². The van der Waals surface area contributed by atoms with E-state index in [-0.39, 0.29) is 18.7 Å². The molecular weight excluding hydrogens is 350 g/mol. The van der Waals surface area contributed by atoms with Gasteiger partial charge in [-0.25, -0.2) is 9.59 Å². The van der Waals surface area contributed by atoms with E-state index in [1.165, 1.54) is 12.4 Å². The number of ether oxygens (including phenoxy) is 2. The molecule has 2 fully saturated rings. The number of hydrogen-bond acceptors (Lipinski definition) is 5. The lowest BCUT2D eigenvalue weighted by Crippen LogP contribution is -2.39. The highest BCUT2D eigenvalue weighted by molar-refractivity contribution is 5.68. The molecule has 3 rings (SSSR count). The topological polar surface area (TPSA) is 94.8 Å². The summed E-state index contributed by atoms with van der Waals surface area (Å²) in [6, 6.07) is 3.42. The zero-order chi connectivity index (χ0) is 19.1. The van der Waals surface area contributed by atoms with Crippen LogP contribution in [0.1, 0.15) is 44.1 Å². The van der Waals surface area contributed by atoms with Gasteiger partial charge in [0.15, 0.2) is 12.4 Å². The number of rotatable bonds is 5. The lowest BCUT2D eigenvalue weighted by atomic mass is 9.86. The quantitative estimate of drug-likeness (QED) is 0.628. The van der Waals surface area contributed by atoms with Gasteiger partial charge in [0, 0.05) is 25.2 Å². The normalized spacial score (nSPS) is 22.3. The number of nitrogens with one attached hydrogen (secondary N) is 1. The van der Waals surface area contributed by atoms with Crippen molar-refractivity contribution in [3.8, 4) is 0 Å². The molecule has 27 heavy (non-hydrogen) atoms. The van der Waals surface area contributed by atoms with E-state index in [4.69, 9.17) is 9.47 Å². The van der Waals surface area contributed by atoms with Gasteiger partial charge in [-0.3, -0.25) is 0 Å². The molecule has 1 aromatic heterocycles. The maximum Gasteiger partial charge on any atom is 0.409 e. The van der Waals surface area contributed by atoms with Gasteiger partial charge in [0.2, 0.25) is 0 Å². The van der Waals surface area contributed by atoms with Crippen LogP contribution in [0.2, 0.25) is 0 Å². The van der Waals surface area contributed by atoms with Gasteiger partial charge in [0.05, 0.1) is 12.2 Å². The van der Waals surface area contributed by atoms with E-state index < -0.39 is 6.09 Å². The summed E-state index contributed by atoms with van der Waals surface area (Å²) in [5, 5.41) is 14.1. The molecule has 0 bridgehead atoms. The molecular formula is C19H27N3O5. The van der Waals surface area contributed by atoms with Gasteiger partial charge in [0.25, 0.3) is 0 Å². The number of alkyl carbamates (subject to hydrolysis) is 1. The molecule has 0 radical (unpaired) electrons. The molecule has 2 heterocycles. The first-order valence-electron chi connectivity index (χ1n) is 9.63. The highest BCUT2D eigenvalue weighted by Crippen LogP contribution is 2.25. The first-order valence-corrected chi connectivity index (χ1v) is 9.63. The van der Waals surface area contributed by atoms with Crippen molar-refractivity contribution in [2.75, 3.05) is 19.7 Å². The fraction of sp³-hybridized carbons (Fsp3) is 0.632. The summed E-state index contributed by atoms with van der Waals surface area (Å²) in [5.41, 5.74) is 0.645. The van der Waals surface area contributed by atoms with Crippen molar-refractivity contribution in [2.45, 2.75) is 51.2 Å². The maximum absolute atomic E-state index is 11.9. The average Bonchev–Trinajstić information content (AvgIpc) is 3.21. The van der Waals surface area contributed by atoms with Crippen molar-refractivity contribution in [2.24, 2.45) is 5.92 Å². The van der Waals surface area contributed by atoms with Crippen molar-refractivity contribution in [1.82, 2.24) is 10.2 Å². The first kappa shape index (κ1) is 19.3. The standard InChI is InChI=1S/C19H27N3O5/c23-18(26-14-16-4-3-11-22(25)12-16)20-17-7-5-15(6-8-17)13-27-19(24)21-9-1-2-10-21/h3-4,11-12,15,17H,1-2,5-10,13-14H2,(H,20,23). The Morgan fingerprint density at radius 2 is 1.93 bits per heavy atom. The second-order valence-corrected chi connectivity index (χ2v) is 7.28. The zero-order valence-electron chi connectivity index (χ0n) is 15.5. The summed E-state index contributed by atoms with van der Waals surface area (Å²) in [5.74, 6) is 0.349. The molecule has 2 aliphatic rings. The number of amides is 2. The Morgan fingerprint density at radius 1 is 1.19 bits per heavy atom. The molecule has 0 unspecified atom stereocenters. The van der Waals surface area contributed by atoms with Crippen LogP contribution in [0.5, 0.6) is 0 Å². The SMILES string of the molecule is O=C(NC1CCC(COC(=O)N2CCCC2)CC1)OCc1ccc[n+]([O-])c1. The van der Waals surface area contributed by atoms with E-state index in [1.807, 2.05) is 0 Å². The Bertz CT molecular complexity index is 640. The van der Waals surface area contributed by atoms with Crippen LogP contribution in [0.4, 0.5) is 9.59 Å². The van der Waals surface area contributed by atoms with Crippen LogP contribution in [-0.4, -0.2) is 42.8 Å². The lowest BCUT2D eigenvalue weighted by molar-refractivity contribution is -0.606. The fourth-order valence-corrected chi connectivity index (χ4v) is 3.60. The third-order valence-electron chi connectivity index (χ3n) is 5.18. The summed E-state index contributed by atoms with van der Waals surface area (Å²) in [4.78, 5) is 25.6. The smallest absolute Gasteiger partial charge is 0.409 e. The van der Waals surface area contributed by atoms with Gasteiger partial charge in [-0.15, -0.1) is 0 Å². The minimum Gasteiger partial charge on any atom is -0.619 e. The van der Waals surface area contributed by atoms with Gasteiger partial charge in [0.1, 0.15) is 6.61 Å². The van der Waals surface area contributed by atoms with E-state index in [2.05, 4.69) is 5.32 Å². The molecule has 1 aliphatic heterocycles. The Kier molecular flexibility index (Phi) is 6.73. The van der Waals surface area contributed by atoms with Crippen LogP contribution in [0, 0.1) is 11.1 Å². The number of carbonyl (C=O) groups excluding carboxylic acids is 2. The fourth-order valence-electron chi connectivity index (χ4n) is 3.60. The van der Waals surface area contributed by atoms with Crippen molar-refractivity contribution in [1.29, 1.82) is 0 Å². The Morgan fingerprint density at radius 3 is 2.63 bits per heavy atom. The second-order valence-electron chi connectivity index (χ2n) is 7.28. The van der Waals surface area contributed by atoms with Crippen molar-refractivity contribution < 1.29 is 23.8 Å². The van der Waals surface area contributed by atoms with Gasteiger partial charge in [-0.2, -0.15) is 4.73 Å². The predicted molar refractivity (Wildman–Crippen MR) is 96.6 cm³/mol. The molecule has 148 valence electrons. The molecule has 2 amide bonds. The van der Waals surface area contributed by atoms with Crippen LogP contribution in [0.3, 0.4) is 0 Å². The van der Waals surface area contributed by atoms with Crippen molar-refractivity contribution >= 4 is 12.2 Å². The predicted octanol–water partition coefficient (Wildman–Crippen LogP) is 2.34. The Balaban J connectivity index is 1.30. The average molecular weight is 377 g/mol. The minimum atomic E-state index is -0.472. The molecule has 1 N–H and O–H groups in total. The zero-order valence-corrected chi connectivity index (χ0v) is 15.5. The summed E-state index contributed by atoms with van der Waals surface area (Å²) in [6.45, 7) is 2.12. The molecule has 0 spiro atoms. The molecule has 0 aromatic carbocycles. The number of pyridine rings is 1. The minimum absolute atomic E-state index is 0.0662. The van der Waals surface area contributed by atoms with Gasteiger partial charge in [-0.05, 0) is 50.5 Å². The molecule has 1 saturated heterocycles.